The molecule has 4 rings (SSSR count). The first-order valence-electron chi connectivity index (χ1n) is 8.04. The Balaban J connectivity index is 1.49. The summed E-state index contributed by atoms with van der Waals surface area (Å²) in [6.07, 6.45) is 1.94. The lowest BCUT2D eigenvalue weighted by atomic mass is 10.1. The quantitative estimate of drug-likeness (QED) is 0.744. The zero-order valence-corrected chi connectivity index (χ0v) is 14.3. The zero-order chi connectivity index (χ0) is 18.1. The molecular weight excluding hydrogens is 355 g/mol. The van der Waals surface area contributed by atoms with Gasteiger partial charge in [0, 0.05) is 10.8 Å². The van der Waals surface area contributed by atoms with Gasteiger partial charge in [0.15, 0.2) is 0 Å². The van der Waals surface area contributed by atoms with Gasteiger partial charge >= 0.3 is 0 Å². The molecule has 0 radical (unpaired) electrons. The summed E-state index contributed by atoms with van der Waals surface area (Å²) in [6, 6.07) is 9.68. The van der Waals surface area contributed by atoms with E-state index in [1.165, 1.54) is 23.5 Å². The third-order valence-electron chi connectivity index (χ3n) is 4.02. The van der Waals surface area contributed by atoms with E-state index in [-0.39, 0.29) is 28.8 Å². The van der Waals surface area contributed by atoms with Crippen molar-refractivity contribution in [1.82, 2.24) is 15.5 Å². The van der Waals surface area contributed by atoms with E-state index in [4.69, 9.17) is 9.78 Å². The number of benzene rings is 1. The fraction of sp³-hybridized carbons (Fsp3) is 0.222. The number of nitriles is 1. The molecule has 1 saturated carbocycles. The number of hydrogen-bond donors (Lipinski definition) is 1. The number of carbonyl (C=O) groups excluding carboxylic acids is 1. The summed E-state index contributed by atoms with van der Waals surface area (Å²) in [7, 11) is 0. The molecule has 130 valence electrons. The summed E-state index contributed by atoms with van der Waals surface area (Å²) in [6.45, 7) is 0.467. The molecule has 1 aliphatic rings. The van der Waals surface area contributed by atoms with Crippen molar-refractivity contribution in [2.75, 3.05) is 0 Å². The Hall–Kier alpha value is -3.05. The van der Waals surface area contributed by atoms with Crippen molar-refractivity contribution in [1.29, 1.82) is 5.26 Å². The Labute approximate surface area is 152 Å². The van der Waals surface area contributed by atoms with Crippen LogP contribution in [-0.4, -0.2) is 16.0 Å². The van der Waals surface area contributed by atoms with E-state index in [1.807, 2.05) is 18.2 Å². The largest absolute Gasteiger partial charge is 0.351 e. The first-order chi connectivity index (χ1) is 12.6. The fourth-order valence-corrected chi connectivity index (χ4v) is 3.32. The summed E-state index contributed by atoms with van der Waals surface area (Å²) >= 11 is 1.44. The molecule has 0 aliphatic heterocycles. The molecule has 26 heavy (non-hydrogen) atoms. The van der Waals surface area contributed by atoms with Gasteiger partial charge in [-0.15, -0.1) is 11.3 Å². The van der Waals surface area contributed by atoms with Crippen LogP contribution in [0.4, 0.5) is 4.39 Å². The molecule has 8 heteroatoms. The average Bonchev–Trinajstić information content (AvgIpc) is 3.20. The lowest BCUT2D eigenvalue weighted by molar-refractivity contribution is -0.122. The number of nitrogens with one attached hydrogen (secondary N) is 1. The smallest absolute Gasteiger partial charge is 0.261 e. The Morgan fingerprint density at radius 2 is 2.23 bits per heavy atom. The molecule has 1 aromatic carbocycles. The zero-order valence-electron chi connectivity index (χ0n) is 13.5. The van der Waals surface area contributed by atoms with Gasteiger partial charge in [-0.3, -0.25) is 4.79 Å². The fourth-order valence-electron chi connectivity index (χ4n) is 2.45. The Bertz CT molecular complexity index is 1020. The van der Waals surface area contributed by atoms with E-state index >= 15 is 0 Å². The minimum atomic E-state index is -0.589. The van der Waals surface area contributed by atoms with Gasteiger partial charge in [0.05, 0.1) is 28.6 Å². The topological polar surface area (TPSA) is 91.8 Å². The highest BCUT2D eigenvalue weighted by Gasteiger charge is 2.29. The minimum absolute atomic E-state index is 0.0546. The monoisotopic (exact) mass is 368 g/mol. The van der Waals surface area contributed by atoms with Gasteiger partial charge in [0.25, 0.3) is 5.89 Å². The van der Waals surface area contributed by atoms with Crippen LogP contribution < -0.4 is 5.32 Å². The molecule has 6 nitrogen and oxygen atoms in total. The van der Waals surface area contributed by atoms with Crippen LogP contribution in [0.2, 0.25) is 0 Å². The van der Waals surface area contributed by atoms with Crippen LogP contribution in [0, 0.1) is 23.1 Å². The van der Waals surface area contributed by atoms with Gasteiger partial charge in [-0.05, 0) is 43.2 Å². The molecule has 1 N–H and O–H groups in total. The third-order valence-corrected chi connectivity index (χ3v) is 5.10. The highest BCUT2D eigenvalue weighted by molar-refractivity contribution is 7.15. The third kappa shape index (κ3) is 3.34. The van der Waals surface area contributed by atoms with Crippen molar-refractivity contribution >= 4 is 17.2 Å². The van der Waals surface area contributed by atoms with E-state index in [0.29, 0.717) is 12.4 Å². The number of thiophene rings is 1. The number of carbonyl (C=O) groups is 1. The SMILES string of the molecule is N#Cc1ccc(-c2nc(-c3ccc(CNC(=O)C4CC4)s3)no2)c(F)c1. The number of amides is 1. The molecule has 0 atom stereocenters. The summed E-state index contributed by atoms with van der Waals surface area (Å²) < 4.78 is 19.2. The number of halogens is 1. The first-order valence-corrected chi connectivity index (χ1v) is 8.86. The molecular formula is C18H13FN4O2S. The van der Waals surface area contributed by atoms with Gasteiger partial charge in [0.2, 0.25) is 11.7 Å². The van der Waals surface area contributed by atoms with Crippen molar-refractivity contribution in [3.05, 3.63) is 46.6 Å². The lowest BCUT2D eigenvalue weighted by Crippen LogP contribution is -2.23. The minimum Gasteiger partial charge on any atom is -0.351 e. The van der Waals surface area contributed by atoms with Crippen LogP contribution >= 0.6 is 11.3 Å². The molecule has 0 spiro atoms. The van der Waals surface area contributed by atoms with E-state index in [2.05, 4.69) is 15.5 Å². The number of aromatic nitrogens is 2. The number of rotatable bonds is 5. The standard InChI is InChI=1S/C18H13FN4O2S/c19-14-7-10(8-20)1-5-13(14)18-22-16(23-25-18)15-6-4-12(26-15)9-21-17(24)11-2-3-11/h1,4-7,11H,2-3,9H2,(H,21,24). The summed E-state index contributed by atoms with van der Waals surface area (Å²) in [5, 5.41) is 15.6. The second-order valence-corrected chi connectivity index (χ2v) is 7.16. The van der Waals surface area contributed by atoms with E-state index in [0.717, 1.165) is 28.7 Å². The Morgan fingerprint density at radius 3 is 2.96 bits per heavy atom. The van der Waals surface area contributed by atoms with Gasteiger partial charge < -0.3 is 9.84 Å². The predicted molar refractivity (Wildman–Crippen MR) is 92.3 cm³/mol. The predicted octanol–water partition coefficient (Wildman–Crippen LogP) is 3.50. The highest BCUT2D eigenvalue weighted by atomic mass is 32.1. The molecule has 2 aromatic heterocycles. The highest BCUT2D eigenvalue weighted by Crippen LogP contribution is 2.31. The summed E-state index contributed by atoms with van der Waals surface area (Å²) in [5.74, 6) is 0.0935. The van der Waals surface area contributed by atoms with Crippen molar-refractivity contribution in [2.24, 2.45) is 5.92 Å². The van der Waals surface area contributed by atoms with Gasteiger partial charge in [-0.2, -0.15) is 10.2 Å². The van der Waals surface area contributed by atoms with E-state index in [9.17, 15) is 9.18 Å². The molecule has 1 amide bonds. The van der Waals surface area contributed by atoms with Crippen molar-refractivity contribution in [3.8, 4) is 28.2 Å². The molecule has 0 bridgehead atoms. The van der Waals surface area contributed by atoms with E-state index < -0.39 is 5.82 Å². The maximum atomic E-state index is 14.1. The molecule has 2 heterocycles. The van der Waals surface area contributed by atoms with Crippen LogP contribution in [0.1, 0.15) is 23.3 Å². The molecule has 1 fully saturated rings. The van der Waals surface area contributed by atoms with E-state index in [1.54, 1.807) is 0 Å². The normalized spacial score (nSPS) is 13.4. The van der Waals surface area contributed by atoms with Crippen LogP contribution in [0.15, 0.2) is 34.9 Å². The number of nitrogens with zero attached hydrogens (tertiary/aromatic N) is 3. The van der Waals surface area contributed by atoms with Gasteiger partial charge in [-0.1, -0.05) is 5.16 Å². The molecule has 0 saturated heterocycles. The van der Waals surface area contributed by atoms with Crippen LogP contribution in [0.5, 0.6) is 0 Å². The molecule has 3 aromatic rings. The Kier molecular flexibility index (Phi) is 4.22. The summed E-state index contributed by atoms with van der Waals surface area (Å²) in [5.41, 5.74) is 0.373. The van der Waals surface area contributed by atoms with Crippen molar-refractivity contribution in [2.45, 2.75) is 19.4 Å². The average molecular weight is 368 g/mol. The maximum Gasteiger partial charge on any atom is 0.261 e. The number of hydrogen-bond acceptors (Lipinski definition) is 6. The van der Waals surface area contributed by atoms with Crippen molar-refractivity contribution in [3.63, 3.8) is 0 Å². The second-order valence-electron chi connectivity index (χ2n) is 5.99. The van der Waals surface area contributed by atoms with Crippen LogP contribution in [-0.2, 0) is 11.3 Å². The maximum absolute atomic E-state index is 14.1. The van der Waals surface area contributed by atoms with Crippen LogP contribution in [0.3, 0.4) is 0 Å². The van der Waals surface area contributed by atoms with Crippen molar-refractivity contribution < 1.29 is 13.7 Å². The second kappa shape index (κ2) is 6.69. The summed E-state index contributed by atoms with van der Waals surface area (Å²) in [4.78, 5) is 17.7. The Morgan fingerprint density at radius 1 is 1.38 bits per heavy atom. The molecule has 1 aliphatic carbocycles. The van der Waals surface area contributed by atoms with Gasteiger partial charge in [0.1, 0.15) is 5.82 Å². The first kappa shape index (κ1) is 16.4. The molecule has 0 unspecified atom stereocenters. The lowest BCUT2D eigenvalue weighted by Gasteiger charge is -2.00. The van der Waals surface area contributed by atoms with Crippen LogP contribution in [0.25, 0.3) is 22.2 Å². The van der Waals surface area contributed by atoms with Gasteiger partial charge in [-0.25, -0.2) is 4.39 Å².